The summed E-state index contributed by atoms with van der Waals surface area (Å²) in [4.78, 5) is 10.1. The van der Waals surface area contributed by atoms with Crippen molar-refractivity contribution in [2.45, 2.75) is 39.0 Å². The van der Waals surface area contributed by atoms with Gasteiger partial charge in [0.2, 0.25) is 0 Å². The zero-order valence-electron chi connectivity index (χ0n) is 7.71. The van der Waals surface area contributed by atoms with Crippen molar-refractivity contribution in [3.8, 4) is 0 Å². The van der Waals surface area contributed by atoms with E-state index >= 15 is 0 Å². The van der Waals surface area contributed by atoms with Crippen LogP contribution in [0.3, 0.4) is 0 Å². The molecule has 0 aromatic carbocycles. The summed E-state index contributed by atoms with van der Waals surface area (Å²) in [5.74, 6) is 1.20. The van der Waals surface area contributed by atoms with Gasteiger partial charge >= 0.3 is 5.97 Å². The second-order valence-electron chi connectivity index (χ2n) is 2.82. The lowest BCUT2D eigenvalue weighted by molar-refractivity contribution is -0.136. The Balaban J connectivity index is 2.86. The molecule has 3 heteroatoms. The highest BCUT2D eigenvalue weighted by Gasteiger charge is 1.95. The Bertz CT molecular complexity index is 115. The monoisotopic (exact) mass is 190 g/mol. The van der Waals surface area contributed by atoms with E-state index in [1.807, 2.05) is 0 Å². The third kappa shape index (κ3) is 9.82. The third-order valence-electron chi connectivity index (χ3n) is 1.60. The number of carboxylic acid groups (broad SMARTS) is 1. The van der Waals surface area contributed by atoms with Crippen molar-refractivity contribution < 1.29 is 9.90 Å². The predicted molar refractivity (Wildman–Crippen MR) is 53.7 cm³/mol. The van der Waals surface area contributed by atoms with Crippen molar-refractivity contribution in [3.63, 3.8) is 0 Å². The molecule has 0 spiro atoms. The molecule has 12 heavy (non-hydrogen) atoms. The van der Waals surface area contributed by atoms with Crippen LogP contribution in [0.1, 0.15) is 39.0 Å². The minimum absolute atomic E-state index is 0.304. The first-order valence-electron chi connectivity index (χ1n) is 4.57. The second-order valence-corrected chi connectivity index (χ2v) is 4.04. The van der Waals surface area contributed by atoms with E-state index in [1.54, 1.807) is 11.8 Å². The minimum atomic E-state index is -0.684. The van der Waals surface area contributed by atoms with Gasteiger partial charge in [0, 0.05) is 5.75 Å². The fraction of sp³-hybridized carbons (Fsp3) is 0.889. The highest BCUT2D eigenvalue weighted by Crippen LogP contribution is 2.08. The van der Waals surface area contributed by atoms with Gasteiger partial charge in [-0.05, 0) is 12.2 Å². The number of hydrogen-bond donors (Lipinski definition) is 1. The fourth-order valence-corrected chi connectivity index (χ4v) is 1.82. The summed E-state index contributed by atoms with van der Waals surface area (Å²) >= 11 is 1.75. The SMILES string of the molecule is CCCCCCSCCC(=O)O. The lowest BCUT2D eigenvalue weighted by Crippen LogP contribution is -1.96. The molecule has 0 unspecified atom stereocenters. The Morgan fingerprint density at radius 1 is 1.25 bits per heavy atom. The van der Waals surface area contributed by atoms with Crippen molar-refractivity contribution in [3.05, 3.63) is 0 Å². The largest absolute Gasteiger partial charge is 0.481 e. The van der Waals surface area contributed by atoms with Gasteiger partial charge in [0.15, 0.2) is 0 Å². The molecule has 0 saturated heterocycles. The molecule has 72 valence electrons. The van der Waals surface area contributed by atoms with E-state index in [9.17, 15) is 4.79 Å². The lowest BCUT2D eigenvalue weighted by atomic mass is 10.2. The maximum absolute atomic E-state index is 10.1. The molecule has 0 saturated carbocycles. The summed E-state index contributed by atoms with van der Waals surface area (Å²) in [7, 11) is 0. The van der Waals surface area contributed by atoms with Crippen LogP contribution < -0.4 is 0 Å². The van der Waals surface area contributed by atoms with Crippen LogP contribution in [-0.4, -0.2) is 22.6 Å². The van der Waals surface area contributed by atoms with E-state index in [1.165, 1.54) is 25.7 Å². The van der Waals surface area contributed by atoms with E-state index in [2.05, 4.69) is 6.92 Å². The van der Waals surface area contributed by atoms with Crippen LogP contribution in [0.15, 0.2) is 0 Å². The van der Waals surface area contributed by atoms with Crippen molar-refractivity contribution in [2.24, 2.45) is 0 Å². The zero-order chi connectivity index (χ0) is 9.23. The van der Waals surface area contributed by atoms with Gasteiger partial charge in [0.05, 0.1) is 6.42 Å². The molecule has 0 rings (SSSR count). The number of carboxylic acids is 1. The Morgan fingerprint density at radius 3 is 2.58 bits per heavy atom. The zero-order valence-corrected chi connectivity index (χ0v) is 8.53. The van der Waals surface area contributed by atoms with E-state index < -0.39 is 5.97 Å². The number of aliphatic carboxylic acids is 1. The molecule has 0 aliphatic rings. The Kier molecular flexibility index (Phi) is 8.78. The van der Waals surface area contributed by atoms with E-state index in [4.69, 9.17) is 5.11 Å². The number of carbonyl (C=O) groups is 1. The first kappa shape index (κ1) is 11.8. The Morgan fingerprint density at radius 2 is 2.00 bits per heavy atom. The smallest absolute Gasteiger partial charge is 0.304 e. The number of thioether (sulfide) groups is 1. The van der Waals surface area contributed by atoms with Crippen LogP contribution in [0, 0.1) is 0 Å². The summed E-state index contributed by atoms with van der Waals surface area (Å²) in [5.41, 5.74) is 0. The van der Waals surface area contributed by atoms with E-state index in [0.717, 1.165) is 11.5 Å². The second kappa shape index (κ2) is 8.91. The number of rotatable bonds is 8. The van der Waals surface area contributed by atoms with Crippen LogP contribution >= 0.6 is 11.8 Å². The molecule has 0 heterocycles. The van der Waals surface area contributed by atoms with Crippen molar-refractivity contribution >= 4 is 17.7 Å². The highest BCUT2D eigenvalue weighted by molar-refractivity contribution is 7.99. The molecule has 0 amide bonds. The van der Waals surface area contributed by atoms with Gasteiger partial charge in [-0.15, -0.1) is 0 Å². The van der Waals surface area contributed by atoms with Gasteiger partial charge in [0.25, 0.3) is 0 Å². The van der Waals surface area contributed by atoms with Crippen molar-refractivity contribution in [2.75, 3.05) is 11.5 Å². The third-order valence-corrected chi connectivity index (χ3v) is 2.67. The minimum Gasteiger partial charge on any atom is -0.481 e. The molecule has 0 radical (unpaired) electrons. The maximum Gasteiger partial charge on any atom is 0.304 e. The van der Waals surface area contributed by atoms with Gasteiger partial charge in [-0.1, -0.05) is 26.2 Å². The van der Waals surface area contributed by atoms with Gasteiger partial charge in [0.1, 0.15) is 0 Å². The van der Waals surface area contributed by atoms with Gasteiger partial charge in [-0.25, -0.2) is 0 Å². The van der Waals surface area contributed by atoms with E-state index in [-0.39, 0.29) is 0 Å². The topological polar surface area (TPSA) is 37.3 Å². The predicted octanol–water partition coefficient (Wildman–Crippen LogP) is 2.77. The van der Waals surface area contributed by atoms with Gasteiger partial charge in [-0.3, -0.25) is 4.79 Å². The molecule has 0 aliphatic carbocycles. The summed E-state index contributed by atoms with van der Waals surface area (Å²) in [6.07, 6.45) is 5.40. The lowest BCUT2D eigenvalue weighted by Gasteiger charge is -1.98. The summed E-state index contributed by atoms with van der Waals surface area (Å²) < 4.78 is 0. The number of hydrogen-bond acceptors (Lipinski definition) is 2. The molecule has 0 atom stereocenters. The van der Waals surface area contributed by atoms with Crippen LogP contribution in [0.5, 0.6) is 0 Å². The van der Waals surface area contributed by atoms with Gasteiger partial charge in [-0.2, -0.15) is 11.8 Å². The molecule has 0 aromatic heterocycles. The molecule has 0 bridgehead atoms. The standard InChI is InChI=1S/C9H18O2S/c1-2-3-4-5-7-12-8-6-9(10)11/h2-8H2,1H3,(H,10,11). The average Bonchev–Trinajstić information content (AvgIpc) is 2.02. The highest BCUT2D eigenvalue weighted by atomic mass is 32.2. The molecule has 0 aromatic rings. The summed E-state index contributed by atoms with van der Waals surface area (Å²) in [6.45, 7) is 2.19. The normalized spacial score (nSPS) is 10.1. The van der Waals surface area contributed by atoms with Crippen LogP contribution in [0.4, 0.5) is 0 Å². The molecule has 1 N–H and O–H groups in total. The Labute approximate surface area is 78.7 Å². The fourth-order valence-electron chi connectivity index (χ4n) is 0.892. The quantitative estimate of drug-likeness (QED) is 0.598. The van der Waals surface area contributed by atoms with Gasteiger partial charge < -0.3 is 5.11 Å². The van der Waals surface area contributed by atoms with Crippen molar-refractivity contribution in [1.29, 1.82) is 0 Å². The summed E-state index contributed by atoms with van der Waals surface area (Å²) in [6, 6.07) is 0. The first-order chi connectivity index (χ1) is 5.77. The van der Waals surface area contributed by atoms with Crippen molar-refractivity contribution in [1.82, 2.24) is 0 Å². The first-order valence-corrected chi connectivity index (χ1v) is 5.72. The van der Waals surface area contributed by atoms with Crippen LogP contribution in [0.2, 0.25) is 0 Å². The molecular formula is C9H18O2S. The maximum atomic E-state index is 10.1. The number of unbranched alkanes of at least 4 members (excludes halogenated alkanes) is 3. The molecule has 0 aliphatic heterocycles. The van der Waals surface area contributed by atoms with E-state index in [0.29, 0.717) is 6.42 Å². The summed E-state index contributed by atoms with van der Waals surface area (Å²) in [5, 5.41) is 8.34. The average molecular weight is 190 g/mol. The molecular weight excluding hydrogens is 172 g/mol. The van der Waals surface area contributed by atoms with Crippen LogP contribution in [-0.2, 0) is 4.79 Å². The molecule has 2 nitrogen and oxygen atoms in total. The molecule has 0 fully saturated rings. The Hall–Kier alpha value is -0.180. The van der Waals surface area contributed by atoms with Crippen LogP contribution in [0.25, 0.3) is 0 Å².